The van der Waals surface area contributed by atoms with Crippen LogP contribution in [0, 0.1) is 0 Å². The van der Waals surface area contributed by atoms with E-state index in [1.54, 1.807) is 0 Å². The van der Waals surface area contributed by atoms with E-state index in [0.29, 0.717) is 0 Å². The lowest BCUT2D eigenvalue weighted by Crippen LogP contribution is -2.39. The van der Waals surface area contributed by atoms with Gasteiger partial charge in [0.2, 0.25) is 0 Å². The van der Waals surface area contributed by atoms with Crippen molar-refractivity contribution in [1.82, 2.24) is 8.43 Å². The van der Waals surface area contributed by atoms with Crippen molar-refractivity contribution in [3.05, 3.63) is 0 Å². The molecule has 0 radical (unpaired) electrons. The summed E-state index contributed by atoms with van der Waals surface area (Å²) < 4.78 is 2.45. The summed E-state index contributed by atoms with van der Waals surface area (Å²) in [5.74, 6) is 0. The minimum absolute atomic E-state index is 0.725. The van der Waals surface area contributed by atoms with Gasteiger partial charge in [-0.05, 0) is 26.2 Å². The summed E-state index contributed by atoms with van der Waals surface area (Å²) in [6, 6.07) is 2.31. The predicted octanol–water partition coefficient (Wildman–Crippen LogP) is 1.55. The van der Waals surface area contributed by atoms with Crippen molar-refractivity contribution in [1.29, 1.82) is 0 Å². The predicted molar refractivity (Wildman–Crippen MR) is 54.8 cm³/mol. The van der Waals surface area contributed by atoms with Gasteiger partial charge in [-0.3, -0.25) is 0 Å². The highest BCUT2D eigenvalue weighted by Gasteiger charge is 2.33. The molecule has 0 aromatic carbocycles. The highest BCUT2D eigenvalue weighted by Crippen LogP contribution is 2.26. The molecule has 11 heavy (non-hydrogen) atoms. The lowest BCUT2D eigenvalue weighted by Gasteiger charge is -2.25. The number of nitrogens with one attached hydrogen (secondary N) is 1. The average molecular weight is 266 g/mol. The van der Waals surface area contributed by atoms with Crippen LogP contribution in [-0.4, -0.2) is 27.8 Å². The van der Waals surface area contributed by atoms with Crippen LogP contribution in [0.1, 0.15) is 26.2 Å². The molecule has 0 spiro atoms. The van der Waals surface area contributed by atoms with Crippen LogP contribution >= 0.6 is 22.9 Å². The van der Waals surface area contributed by atoms with Crippen LogP contribution in [0.15, 0.2) is 0 Å². The van der Waals surface area contributed by atoms with E-state index < -0.39 is 0 Å². The second-order valence-electron chi connectivity index (χ2n) is 3.70. The van der Waals surface area contributed by atoms with Crippen molar-refractivity contribution >= 4 is 22.9 Å². The highest BCUT2D eigenvalue weighted by molar-refractivity contribution is 14.1. The fourth-order valence-corrected chi connectivity index (χ4v) is 2.80. The van der Waals surface area contributed by atoms with Crippen LogP contribution in [0.2, 0.25) is 0 Å². The van der Waals surface area contributed by atoms with Crippen molar-refractivity contribution < 1.29 is 0 Å². The van der Waals surface area contributed by atoms with Gasteiger partial charge >= 0.3 is 0 Å². The van der Waals surface area contributed by atoms with Gasteiger partial charge in [-0.15, -0.1) is 0 Å². The third-order valence-electron chi connectivity index (χ3n) is 2.99. The molecule has 2 rings (SSSR count). The molecule has 3 atom stereocenters. The Balaban J connectivity index is 2.07. The maximum atomic E-state index is 3.69. The van der Waals surface area contributed by atoms with E-state index in [1.807, 2.05) is 0 Å². The SMILES string of the molecule is CC1C2CCC(CCN1I)N2. The zero-order chi connectivity index (χ0) is 7.84. The van der Waals surface area contributed by atoms with Gasteiger partial charge in [-0.2, -0.15) is 0 Å². The van der Waals surface area contributed by atoms with Gasteiger partial charge in [0.25, 0.3) is 0 Å². The van der Waals surface area contributed by atoms with Gasteiger partial charge in [-0.1, -0.05) is 0 Å². The summed E-state index contributed by atoms with van der Waals surface area (Å²) in [5, 5.41) is 3.69. The quantitative estimate of drug-likeness (QED) is 0.528. The molecule has 0 aliphatic carbocycles. The third-order valence-corrected chi connectivity index (χ3v) is 4.35. The molecule has 0 aromatic rings. The molecule has 2 nitrogen and oxygen atoms in total. The summed E-state index contributed by atoms with van der Waals surface area (Å²) >= 11 is 2.46. The fraction of sp³-hybridized carbons (Fsp3) is 1.00. The molecule has 3 heteroatoms. The first-order chi connectivity index (χ1) is 5.27. The lowest BCUT2D eigenvalue weighted by atomic mass is 10.1. The number of hydrogen-bond donors (Lipinski definition) is 1. The minimum atomic E-state index is 0.725. The lowest BCUT2D eigenvalue weighted by molar-refractivity contribution is 0.350. The first-order valence-corrected chi connectivity index (χ1v) is 5.42. The number of hydrogen-bond acceptors (Lipinski definition) is 2. The Kier molecular flexibility index (Phi) is 2.39. The minimum Gasteiger partial charge on any atom is -0.310 e. The summed E-state index contributed by atoms with van der Waals surface area (Å²) in [7, 11) is 0. The molecule has 2 bridgehead atoms. The maximum Gasteiger partial charge on any atom is 0.0319 e. The molecule has 2 heterocycles. The highest BCUT2D eigenvalue weighted by atomic mass is 127. The van der Waals surface area contributed by atoms with E-state index in [9.17, 15) is 0 Å². The Morgan fingerprint density at radius 1 is 1.36 bits per heavy atom. The molecule has 64 valence electrons. The molecular weight excluding hydrogens is 251 g/mol. The van der Waals surface area contributed by atoms with Crippen LogP contribution in [0.5, 0.6) is 0 Å². The van der Waals surface area contributed by atoms with E-state index in [2.05, 4.69) is 38.2 Å². The fourth-order valence-electron chi connectivity index (χ4n) is 2.14. The molecule has 0 amide bonds. The second-order valence-corrected chi connectivity index (χ2v) is 4.94. The average Bonchev–Trinajstić information content (AvgIpc) is 2.41. The molecule has 2 fully saturated rings. The van der Waals surface area contributed by atoms with Crippen LogP contribution in [0.4, 0.5) is 0 Å². The van der Waals surface area contributed by atoms with Crippen LogP contribution in [-0.2, 0) is 0 Å². The Labute approximate surface area is 82.2 Å². The van der Waals surface area contributed by atoms with Gasteiger partial charge in [0.15, 0.2) is 0 Å². The maximum absolute atomic E-state index is 3.69. The third kappa shape index (κ3) is 1.55. The molecule has 2 aliphatic rings. The number of fused-ring (bicyclic) bond motifs is 2. The zero-order valence-electron chi connectivity index (χ0n) is 6.89. The van der Waals surface area contributed by atoms with Crippen molar-refractivity contribution in [3.8, 4) is 0 Å². The first kappa shape index (κ1) is 8.26. The molecule has 1 N–H and O–H groups in total. The van der Waals surface area contributed by atoms with E-state index in [0.717, 1.165) is 18.1 Å². The standard InChI is InChI=1S/C8H15IN2/c1-6-8-3-2-7(10-8)4-5-11(6)9/h6-8,10H,2-5H2,1H3. The Morgan fingerprint density at radius 3 is 3.00 bits per heavy atom. The number of halogens is 1. The smallest absolute Gasteiger partial charge is 0.0319 e. The van der Waals surface area contributed by atoms with Crippen LogP contribution in [0.3, 0.4) is 0 Å². The largest absolute Gasteiger partial charge is 0.310 e. The monoisotopic (exact) mass is 266 g/mol. The molecule has 0 aromatic heterocycles. The van der Waals surface area contributed by atoms with E-state index in [1.165, 1.54) is 25.8 Å². The molecular formula is C8H15IN2. The van der Waals surface area contributed by atoms with Crippen LogP contribution < -0.4 is 5.32 Å². The van der Waals surface area contributed by atoms with Crippen LogP contribution in [0.25, 0.3) is 0 Å². The molecule has 3 unspecified atom stereocenters. The van der Waals surface area contributed by atoms with Crippen molar-refractivity contribution in [3.63, 3.8) is 0 Å². The van der Waals surface area contributed by atoms with Gasteiger partial charge in [0.05, 0.1) is 0 Å². The first-order valence-electron chi connectivity index (χ1n) is 4.46. The van der Waals surface area contributed by atoms with Crippen molar-refractivity contribution in [2.75, 3.05) is 6.54 Å². The summed E-state index contributed by atoms with van der Waals surface area (Å²) in [6.07, 6.45) is 4.12. The molecule has 0 saturated carbocycles. The summed E-state index contributed by atoms with van der Waals surface area (Å²) in [4.78, 5) is 0. The zero-order valence-corrected chi connectivity index (χ0v) is 9.04. The van der Waals surface area contributed by atoms with Gasteiger partial charge in [-0.25, -0.2) is 3.11 Å². The van der Waals surface area contributed by atoms with Gasteiger partial charge in [0.1, 0.15) is 0 Å². The second kappa shape index (κ2) is 3.18. The summed E-state index contributed by atoms with van der Waals surface area (Å²) in [6.45, 7) is 3.59. The summed E-state index contributed by atoms with van der Waals surface area (Å²) in [5.41, 5.74) is 0. The Bertz CT molecular complexity index is 151. The van der Waals surface area contributed by atoms with E-state index in [4.69, 9.17) is 0 Å². The molecule has 2 saturated heterocycles. The Hall–Kier alpha value is 0.650. The van der Waals surface area contributed by atoms with Gasteiger partial charge in [0, 0.05) is 47.5 Å². The van der Waals surface area contributed by atoms with Gasteiger partial charge < -0.3 is 5.32 Å². The topological polar surface area (TPSA) is 15.3 Å². The van der Waals surface area contributed by atoms with Crippen molar-refractivity contribution in [2.24, 2.45) is 0 Å². The number of rotatable bonds is 0. The van der Waals surface area contributed by atoms with E-state index in [-0.39, 0.29) is 0 Å². The molecule has 2 aliphatic heterocycles. The normalized spacial score (nSPS) is 45.8. The number of nitrogens with zero attached hydrogens (tertiary/aromatic N) is 1. The van der Waals surface area contributed by atoms with E-state index >= 15 is 0 Å². The Morgan fingerprint density at radius 2 is 2.18 bits per heavy atom. The van der Waals surface area contributed by atoms with Crippen molar-refractivity contribution in [2.45, 2.75) is 44.3 Å².